The maximum absolute atomic E-state index is 11.9. The van der Waals surface area contributed by atoms with Crippen molar-refractivity contribution in [3.05, 3.63) is 0 Å². The first kappa shape index (κ1) is 22.3. The minimum absolute atomic E-state index is 0.145. The Morgan fingerprint density at radius 2 is 1.90 bits per heavy atom. The van der Waals surface area contributed by atoms with Crippen LogP contribution in [0, 0.1) is 5.41 Å². The number of nitrogens with one attached hydrogen (secondary N) is 3. The van der Waals surface area contributed by atoms with Crippen molar-refractivity contribution in [1.82, 2.24) is 20.9 Å². The van der Waals surface area contributed by atoms with Crippen LogP contribution < -0.4 is 16.0 Å². The fourth-order valence-corrected chi connectivity index (χ4v) is 5.38. The van der Waals surface area contributed by atoms with Crippen molar-refractivity contribution in [3.8, 4) is 0 Å². The van der Waals surface area contributed by atoms with Crippen molar-refractivity contribution in [2.24, 2.45) is 10.4 Å². The summed E-state index contributed by atoms with van der Waals surface area (Å²) in [6.45, 7) is 8.18. The highest BCUT2D eigenvalue weighted by molar-refractivity contribution is 5.80. The van der Waals surface area contributed by atoms with Crippen LogP contribution in [-0.2, 0) is 9.53 Å². The second kappa shape index (κ2) is 10.6. The van der Waals surface area contributed by atoms with E-state index in [1.54, 1.807) is 0 Å². The number of nitrogens with zero attached hydrogens (tertiary/aromatic N) is 2. The number of piperidine rings is 1. The molecule has 0 bridgehead atoms. The molecule has 29 heavy (non-hydrogen) atoms. The van der Waals surface area contributed by atoms with Gasteiger partial charge in [-0.05, 0) is 45.4 Å². The Balaban J connectivity index is 1.43. The number of carbonyl (C=O) groups is 1. The maximum Gasteiger partial charge on any atom is 0.234 e. The van der Waals surface area contributed by atoms with Crippen LogP contribution in [-0.4, -0.2) is 74.8 Å². The van der Waals surface area contributed by atoms with E-state index in [-0.39, 0.29) is 5.91 Å². The van der Waals surface area contributed by atoms with Gasteiger partial charge in [-0.25, -0.2) is 0 Å². The molecule has 3 fully saturated rings. The first-order valence-electron chi connectivity index (χ1n) is 11.7. The van der Waals surface area contributed by atoms with E-state index in [2.05, 4.69) is 39.7 Å². The molecule has 2 aliphatic carbocycles. The molecule has 0 aromatic heterocycles. The number of amides is 1. The van der Waals surface area contributed by atoms with Gasteiger partial charge in [0.1, 0.15) is 0 Å². The number of aliphatic imine (C=N–C) groups is 1. The Bertz CT molecular complexity index is 553. The number of rotatable bonds is 8. The topological polar surface area (TPSA) is 78.0 Å². The standard InChI is InChI=1S/C22H41N5O2/c1-4-12-24-20(28)16-27-13-8-17(9-14-27)25-21(23-3)26-18-15-19(29-5-2)22(18)10-6-7-11-22/h17-19H,4-16H2,1-3H3,(H,24,28)(H2,23,25,26). The van der Waals surface area contributed by atoms with E-state index in [4.69, 9.17) is 4.74 Å². The molecular formula is C22H41N5O2. The maximum atomic E-state index is 11.9. The normalized spacial score (nSPS) is 27.6. The molecular weight excluding hydrogens is 366 g/mol. The molecule has 1 spiro atoms. The van der Waals surface area contributed by atoms with Gasteiger partial charge in [0, 0.05) is 50.8 Å². The van der Waals surface area contributed by atoms with Crippen LogP contribution in [0.25, 0.3) is 0 Å². The fraction of sp³-hybridized carbons (Fsp3) is 0.909. The molecule has 0 aromatic carbocycles. The van der Waals surface area contributed by atoms with Gasteiger partial charge in [-0.15, -0.1) is 0 Å². The summed E-state index contributed by atoms with van der Waals surface area (Å²) in [5, 5.41) is 10.3. The smallest absolute Gasteiger partial charge is 0.234 e. The van der Waals surface area contributed by atoms with Gasteiger partial charge in [0.2, 0.25) is 5.91 Å². The van der Waals surface area contributed by atoms with Crippen LogP contribution in [0.4, 0.5) is 0 Å². The number of guanidine groups is 1. The van der Waals surface area contributed by atoms with E-state index in [0.29, 0.717) is 30.1 Å². The molecule has 2 saturated carbocycles. The summed E-state index contributed by atoms with van der Waals surface area (Å²) in [5.41, 5.74) is 0.308. The highest BCUT2D eigenvalue weighted by Gasteiger charge is 2.57. The zero-order chi connectivity index (χ0) is 20.7. The third kappa shape index (κ3) is 5.43. The number of hydrogen-bond acceptors (Lipinski definition) is 4. The molecule has 3 rings (SSSR count). The molecule has 1 aliphatic heterocycles. The number of carbonyl (C=O) groups excluding carboxylic acids is 1. The Morgan fingerprint density at radius 1 is 1.17 bits per heavy atom. The Kier molecular flexibility index (Phi) is 8.18. The van der Waals surface area contributed by atoms with Crippen molar-refractivity contribution >= 4 is 11.9 Å². The third-order valence-electron chi connectivity index (χ3n) is 7.09. The van der Waals surface area contributed by atoms with Gasteiger partial charge in [0.15, 0.2) is 5.96 Å². The van der Waals surface area contributed by atoms with Crippen LogP contribution in [0.1, 0.15) is 65.2 Å². The first-order valence-corrected chi connectivity index (χ1v) is 11.7. The second-order valence-corrected chi connectivity index (χ2v) is 8.93. The van der Waals surface area contributed by atoms with Crippen LogP contribution in [0.3, 0.4) is 0 Å². The molecule has 7 nitrogen and oxygen atoms in total. The zero-order valence-electron chi connectivity index (χ0n) is 18.6. The van der Waals surface area contributed by atoms with Crippen LogP contribution in [0.2, 0.25) is 0 Å². The van der Waals surface area contributed by atoms with E-state index in [9.17, 15) is 4.79 Å². The van der Waals surface area contributed by atoms with Gasteiger partial charge in [-0.2, -0.15) is 0 Å². The molecule has 0 aromatic rings. The Labute approximate surface area is 176 Å². The zero-order valence-corrected chi connectivity index (χ0v) is 18.6. The lowest BCUT2D eigenvalue weighted by Gasteiger charge is -2.54. The van der Waals surface area contributed by atoms with Gasteiger partial charge >= 0.3 is 0 Å². The van der Waals surface area contributed by atoms with Crippen LogP contribution in [0.5, 0.6) is 0 Å². The van der Waals surface area contributed by atoms with Crippen molar-refractivity contribution < 1.29 is 9.53 Å². The van der Waals surface area contributed by atoms with Crippen LogP contribution >= 0.6 is 0 Å². The average molecular weight is 408 g/mol. The molecule has 1 saturated heterocycles. The van der Waals surface area contributed by atoms with E-state index in [1.807, 2.05) is 7.05 Å². The average Bonchev–Trinajstić information content (AvgIpc) is 3.25. The number of hydrogen-bond donors (Lipinski definition) is 3. The summed E-state index contributed by atoms with van der Waals surface area (Å²) in [4.78, 5) is 18.7. The third-order valence-corrected chi connectivity index (χ3v) is 7.09. The Hall–Kier alpha value is -1.34. The lowest BCUT2D eigenvalue weighted by Crippen LogP contribution is -2.65. The summed E-state index contributed by atoms with van der Waals surface area (Å²) >= 11 is 0. The van der Waals surface area contributed by atoms with Gasteiger partial charge in [-0.3, -0.25) is 14.7 Å². The summed E-state index contributed by atoms with van der Waals surface area (Å²) in [7, 11) is 1.86. The van der Waals surface area contributed by atoms with Crippen molar-refractivity contribution in [3.63, 3.8) is 0 Å². The fourth-order valence-electron chi connectivity index (χ4n) is 5.38. The minimum atomic E-state index is 0.145. The van der Waals surface area contributed by atoms with E-state index in [0.717, 1.165) is 57.9 Å². The molecule has 7 heteroatoms. The van der Waals surface area contributed by atoms with E-state index < -0.39 is 0 Å². The molecule has 1 heterocycles. The minimum Gasteiger partial charge on any atom is -0.378 e. The SMILES string of the molecule is CCCNC(=O)CN1CCC(NC(=NC)NC2CC(OCC)C23CCCC3)CC1. The van der Waals surface area contributed by atoms with Gasteiger partial charge in [0.05, 0.1) is 12.6 Å². The van der Waals surface area contributed by atoms with Crippen molar-refractivity contribution in [2.75, 3.05) is 39.8 Å². The molecule has 3 N–H and O–H groups in total. The summed E-state index contributed by atoms with van der Waals surface area (Å²) < 4.78 is 6.04. The van der Waals surface area contributed by atoms with Crippen molar-refractivity contribution in [1.29, 1.82) is 0 Å². The second-order valence-electron chi connectivity index (χ2n) is 8.93. The molecule has 1 amide bonds. The summed E-state index contributed by atoms with van der Waals surface area (Å²) in [6, 6.07) is 0.883. The number of ether oxygens (including phenoxy) is 1. The summed E-state index contributed by atoms with van der Waals surface area (Å²) in [5.74, 6) is 1.07. The van der Waals surface area contributed by atoms with Crippen molar-refractivity contribution in [2.45, 2.75) is 83.4 Å². The molecule has 3 aliphatic rings. The number of likely N-dealkylation sites (tertiary alicyclic amines) is 1. The quantitative estimate of drug-likeness (QED) is 0.423. The lowest BCUT2D eigenvalue weighted by atomic mass is 9.60. The molecule has 166 valence electrons. The monoisotopic (exact) mass is 407 g/mol. The molecule has 2 atom stereocenters. The lowest BCUT2D eigenvalue weighted by molar-refractivity contribution is -0.125. The molecule has 2 unspecified atom stereocenters. The predicted molar refractivity (Wildman–Crippen MR) is 117 cm³/mol. The van der Waals surface area contributed by atoms with E-state index in [1.165, 1.54) is 25.7 Å². The van der Waals surface area contributed by atoms with Gasteiger partial charge in [-0.1, -0.05) is 19.8 Å². The van der Waals surface area contributed by atoms with E-state index >= 15 is 0 Å². The summed E-state index contributed by atoms with van der Waals surface area (Å²) in [6.07, 6.45) is 9.73. The van der Waals surface area contributed by atoms with Gasteiger partial charge < -0.3 is 20.7 Å². The largest absolute Gasteiger partial charge is 0.378 e. The highest BCUT2D eigenvalue weighted by atomic mass is 16.5. The van der Waals surface area contributed by atoms with Crippen LogP contribution in [0.15, 0.2) is 4.99 Å². The van der Waals surface area contributed by atoms with Gasteiger partial charge in [0.25, 0.3) is 0 Å². The Morgan fingerprint density at radius 3 is 2.52 bits per heavy atom. The predicted octanol–water partition coefficient (Wildman–Crippen LogP) is 1.88. The molecule has 0 radical (unpaired) electrons. The first-order chi connectivity index (χ1) is 14.1. The highest BCUT2D eigenvalue weighted by Crippen LogP contribution is 2.54.